The summed E-state index contributed by atoms with van der Waals surface area (Å²) in [6.07, 6.45) is -0.361. The van der Waals surface area contributed by atoms with E-state index < -0.39 is 0 Å². The maximum absolute atomic E-state index is 12.4. The standard InChI is InChI=1S/C24H22N2O4/c27-23(19-10-12-20(13-11-19)26-15-17-30-24(26)28)25-14-16-29-22-9-5-4-8-21(22)18-6-2-1-3-7-18/h1-13H,14-17H2,(H,25,27). The second-order valence-corrected chi connectivity index (χ2v) is 6.78. The fraction of sp³-hybridized carbons (Fsp3) is 0.167. The molecule has 1 fully saturated rings. The summed E-state index contributed by atoms with van der Waals surface area (Å²) in [7, 11) is 0. The molecule has 1 aliphatic heterocycles. The summed E-state index contributed by atoms with van der Waals surface area (Å²) in [5, 5.41) is 2.86. The van der Waals surface area contributed by atoms with Gasteiger partial charge in [0.15, 0.2) is 0 Å². The number of benzene rings is 3. The molecule has 0 spiro atoms. The Hall–Kier alpha value is -3.80. The van der Waals surface area contributed by atoms with Crippen LogP contribution in [-0.2, 0) is 4.74 Å². The minimum Gasteiger partial charge on any atom is -0.491 e. The Labute approximate surface area is 175 Å². The van der Waals surface area contributed by atoms with Gasteiger partial charge in [0.1, 0.15) is 19.0 Å². The molecular weight excluding hydrogens is 380 g/mol. The van der Waals surface area contributed by atoms with Crippen molar-refractivity contribution in [1.29, 1.82) is 0 Å². The highest BCUT2D eigenvalue weighted by molar-refractivity contribution is 5.95. The summed E-state index contributed by atoms with van der Waals surface area (Å²) in [6.45, 7) is 1.64. The quantitative estimate of drug-likeness (QED) is 0.604. The van der Waals surface area contributed by atoms with Crippen molar-refractivity contribution in [3.63, 3.8) is 0 Å². The van der Waals surface area contributed by atoms with Gasteiger partial charge in [-0.2, -0.15) is 0 Å². The van der Waals surface area contributed by atoms with Gasteiger partial charge in [0.25, 0.3) is 5.91 Å². The number of para-hydroxylation sites is 1. The lowest BCUT2D eigenvalue weighted by molar-refractivity contribution is 0.0947. The number of nitrogens with one attached hydrogen (secondary N) is 1. The van der Waals surface area contributed by atoms with Gasteiger partial charge in [-0.3, -0.25) is 9.69 Å². The van der Waals surface area contributed by atoms with Gasteiger partial charge in [-0.25, -0.2) is 4.79 Å². The first-order chi connectivity index (χ1) is 14.7. The molecule has 0 saturated carbocycles. The first kappa shape index (κ1) is 19.5. The van der Waals surface area contributed by atoms with Gasteiger partial charge in [0.2, 0.25) is 0 Å². The van der Waals surface area contributed by atoms with Crippen LogP contribution in [0.15, 0.2) is 78.9 Å². The Bertz CT molecular complexity index is 1020. The number of rotatable bonds is 7. The molecule has 0 aromatic heterocycles. The average molecular weight is 402 g/mol. The van der Waals surface area contributed by atoms with E-state index in [1.807, 2.05) is 54.6 Å². The van der Waals surface area contributed by atoms with Crippen molar-refractivity contribution in [2.75, 3.05) is 31.2 Å². The number of cyclic esters (lactones) is 1. The Morgan fingerprint density at radius 1 is 0.967 bits per heavy atom. The van der Waals surface area contributed by atoms with Crippen molar-refractivity contribution in [3.05, 3.63) is 84.4 Å². The Kier molecular flexibility index (Phi) is 5.94. The smallest absolute Gasteiger partial charge is 0.414 e. The summed E-state index contributed by atoms with van der Waals surface area (Å²) < 4.78 is 10.8. The predicted octanol–water partition coefficient (Wildman–Crippen LogP) is 4.12. The van der Waals surface area contributed by atoms with E-state index in [4.69, 9.17) is 9.47 Å². The second kappa shape index (κ2) is 9.13. The highest BCUT2D eigenvalue weighted by Crippen LogP contribution is 2.29. The first-order valence-corrected chi connectivity index (χ1v) is 9.82. The molecule has 3 aromatic carbocycles. The molecule has 1 saturated heterocycles. The molecule has 0 atom stereocenters. The molecular formula is C24H22N2O4. The highest BCUT2D eigenvalue weighted by Gasteiger charge is 2.23. The molecule has 0 unspecified atom stereocenters. The number of hydrogen-bond acceptors (Lipinski definition) is 4. The van der Waals surface area contributed by atoms with Gasteiger partial charge in [-0.05, 0) is 35.9 Å². The Morgan fingerprint density at radius 3 is 2.43 bits per heavy atom. The fourth-order valence-electron chi connectivity index (χ4n) is 3.30. The number of carbonyl (C=O) groups excluding carboxylic acids is 2. The molecule has 6 nitrogen and oxygen atoms in total. The summed E-state index contributed by atoms with van der Waals surface area (Å²) in [5.74, 6) is 0.588. The molecule has 1 N–H and O–H groups in total. The van der Waals surface area contributed by atoms with E-state index in [-0.39, 0.29) is 12.0 Å². The van der Waals surface area contributed by atoms with Crippen molar-refractivity contribution >= 4 is 17.7 Å². The van der Waals surface area contributed by atoms with Crippen molar-refractivity contribution < 1.29 is 19.1 Å². The monoisotopic (exact) mass is 402 g/mol. The van der Waals surface area contributed by atoms with Crippen LogP contribution in [0.25, 0.3) is 11.1 Å². The number of nitrogens with zero attached hydrogens (tertiary/aromatic N) is 1. The minimum atomic E-state index is -0.361. The van der Waals surface area contributed by atoms with E-state index in [9.17, 15) is 9.59 Å². The van der Waals surface area contributed by atoms with Crippen LogP contribution >= 0.6 is 0 Å². The molecule has 152 valence electrons. The largest absolute Gasteiger partial charge is 0.491 e. The van der Waals surface area contributed by atoms with Crippen molar-refractivity contribution in [2.45, 2.75) is 0 Å². The molecule has 4 rings (SSSR count). The van der Waals surface area contributed by atoms with Crippen LogP contribution in [0.1, 0.15) is 10.4 Å². The van der Waals surface area contributed by atoms with Crippen molar-refractivity contribution in [3.8, 4) is 16.9 Å². The summed E-state index contributed by atoms with van der Waals surface area (Å²) >= 11 is 0. The summed E-state index contributed by atoms with van der Waals surface area (Å²) in [4.78, 5) is 25.5. The van der Waals surface area contributed by atoms with E-state index in [0.717, 1.165) is 22.6 Å². The first-order valence-electron chi connectivity index (χ1n) is 9.82. The normalized spacial score (nSPS) is 13.1. The van der Waals surface area contributed by atoms with Gasteiger partial charge in [-0.1, -0.05) is 48.5 Å². The van der Waals surface area contributed by atoms with E-state index >= 15 is 0 Å². The second-order valence-electron chi connectivity index (χ2n) is 6.78. The third-order valence-corrected chi connectivity index (χ3v) is 4.82. The number of anilines is 1. The maximum Gasteiger partial charge on any atom is 0.414 e. The number of carbonyl (C=O) groups is 2. The number of hydrogen-bond donors (Lipinski definition) is 1. The summed E-state index contributed by atoms with van der Waals surface area (Å²) in [6, 6.07) is 24.8. The predicted molar refractivity (Wildman–Crippen MR) is 115 cm³/mol. The lowest BCUT2D eigenvalue weighted by atomic mass is 10.1. The SMILES string of the molecule is O=C(NCCOc1ccccc1-c1ccccc1)c1ccc(N2CCOC2=O)cc1. The van der Waals surface area contributed by atoms with Crippen LogP contribution in [-0.4, -0.2) is 38.3 Å². The van der Waals surface area contributed by atoms with Crippen LogP contribution in [0.4, 0.5) is 10.5 Å². The lowest BCUT2D eigenvalue weighted by Crippen LogP contribution is -2.28. The van der Waals surface area contributed by atoms with Gasteiger partial charge in [0, 0.05) is 16.8 Å². The molecule has 1 heterocycles. The van der Waals surface area contributed by atoms with E-state index in [1.165, 1.54) is 0 Å². The van der Waals surface area contributed by atoms with E-state index in [1.54, 1.807) is 29.2 Å². The average Bonchev–Trinajstić information content (AvgIpc) is 3.23. The molecule has 0 radical (unpaired) electrons. The zero-order valence-electron chi connectivity index (χ0n) is 16.4. The third-order valence-electron chi connectivity index (χ3n) is 4.82. The van der Waals surface area contributed by atoms with Gasteiger partial charge >= 0.3 is 6.09 Å². The molecule has 1 aliphatic rings. The molecule has 0 bridgehead atoms. The highest BCUT2D eigenvalue weighted by atomic mass is 16.6. The molecule has 0 aliphatic carbocycles. The van der Waals surface area contributed by atoms with E-state index in [2.05, 4.69) is 5.32 Å². The number of ether oxygens (including phenoxy) is 2. The lowest BCUT2D eigenvalue weighted by Gasteiger charge is -2.13. The Morgan fingerprint density at radius 2 is 1.70 bits per heavy atom. The van der Waals surface area contributed by atoms with Gasteiger partial charge in [0.05, 0.1) is 13.1 Å². The van der Waals surface area contributed by atoms with Crippen LogP contribution < -0.4 is 15.0 Å². The van der Waals surface area contributed by atoms with Gasteiger partial charge < -0.3 is 14.8 Å². The zero-order valence-corrected chi connectivity index (χ0v) is 16.4. The zero-order chi connectivity index (χ0) is 20.8. The molecule has 6 heteroatoms. The Balaban J connectivity index is 1.30. The molecule has 3 aromatic rings. The van der Waals surface area contributed by atoms with E-state index in [0.29, 0.717) is 31.9 Å². The number of amides is 2. The van der Waals surface area contributed by atoms with Crippen molar-refractivity contribution in [2.24, 2.45) is 0 Å². The molecule has 2 amide bonds. The third kappa shape index (κ3) is 4.43. The maximum atomic E-state index is 12.4. The van der Waals surface area contributed by atoms with Crippen LogP contribution in [0.5, 0.6) is 5.75 Å². The topological polar surface area (TPSA) is 67.9 Å². The van der Waals surface area contributed by atoms with Crippen LogP contribution in [0, 0.1) is 0 Å². The van der Waals surface area contributed by atoms with Crippen LogP contribution in [0.3, 0.4) is 0 Å². The molecule has 30 heavy (non-hydrogen) atoms. The van der Waals surface area contributed by atoms with Crippen molar-refractivity contribution in [1.82, 2.24) is 5.32 Å². The fourth-order valence-corrected chi connectivity index (χ4v) is 3.30. The van der Waals surface area contributed by atoms with Crippen LogP contribution in [0.2, 0.25) is 0 Å². The van der Waals surface area contributed by atoms with Gasteiger partial charge in [-0.15, -0.1) is 0 Å². The minimum absolute atomic E-state index is 0.189. The summed E-state index contributed by atoms with van der Waals surface area (Å²) in [5.41, 5.74) is 3.34.